The van der Waals surface area contributed by atoms with E-state index >= 15 is 0 Å². The molecule has 1 aliphatic rings. The molecular formula is C17H14ClFN4O4S2. The maximum absolute atomic E-state index is 13.1. The number of halogens is 2. The highest BCUT2D eigenvalue weighted by molar-refractivity contribution is 7.94. The Morgan fingerprint density at radius 2 is 2.00 bits per heavy atom. The van der Waals surface area contributed by atoms with Gasteiger partial charge in [0.1, 0.15) is 10.0 Å². The third-order valence-electron chi connectivity index (χ3n) is 4.26. The quantitative estimate of drug-likeness (QED) is 0.628. The summed E-state index contributed by atoms with van der Waals surface area (Å²) in [5, 5.41) is 9.09. The monoisotopic (exact) mass is 456 g/mol. The second kappa shape index (κ2) is 7.73. The van der Waals surface area contributed by atoms with Gasteiger partial charge < -0.3 is 9.32 Å². The zero-order valence-electron chi connectivity index (χ0n) is 14.8. The van der Waals surface area contributed by atoms with Crippen LogP contribution in [0, 0.1) is 5.82 Å². The van der Waals surface area contributed by atoms with Crippen molar-refractivity contribution in [1.82, 2.24) is 15.1 Å². The number of hydrogen-bond donors (Lipinski definition) is 1. The van der Waals surface area contributed by atoms with Gasteiger partial charge in [-0.25, -0.2) is 12.8 Å². The van der Waals surface area contributed by atoms with Crippen LogP contribution in [0.4, 0.5) is 10.1 Å². The van der Waals surface area contributed by atoms with Gasteiger partial charge in [0.15, 0.2) is 0 Å². The van der Waals surface area contributed by atoms with Gasteiger partial charge in [-0.3, -0.25) is 9.52 Å². The van der Waals surface area contributed by atoms with Crippen molar-refractivity contribution < 1.29 is 22.0 Å². The molecule has 29 heavy (non-hydrogen) atoms. The molecule has 4 rings (SSSR count). The molecule has 1 aromatic carbocycles. The van der Waals surface area contributed by atoms with E-state index in [0.29, 0.717) is 18.7 Å². The number of hydrogen-bond acceptors (Lipinski definition) is 7. The van der Waals surface area contributed by atoms with Crippen LogP contribution < -0.4 is 4.72 Å². The number of nitrogens with one attached hydrogen (secondary N) is 1. The molecule has 0 bridgehead atoms. The Morgan fingerprint density at radius 1 is 1.24 bits per heavy atom. The van der Waals surface area contributed by atoms with Gasteiger partial charge in [-0.05, 0) is 37.1 Å². The fourth-order valence-electron chi connectivity index (χ4n) is 2.82. The summed E-state index contributed by atoms with van der Waals surface area (Å²) in [6, 6.07) is 4.69. The molecule has 0 aliphatic carbocycles. The maximum Gasteiger partial charge on any atom is 0.311 e. The fraction of sp³-hybridized carbons (Fsp3) is 0.235. The number of nitrogens with zero attached hydrogens (tertiary/aromatic N) is 3. The zero-order valence-corrected chi connectivity index (χ0v) is 17.2. The van der Waals surface area contributed by atoms with E-state index in [-0.39, 0.29) is 32.6 Å². The number of carbonyl (C=O) groups excluding carboxylic acids is 1. The van der Waals surface area contributed by atoms with E-state index in [1.165, 1.54) is 17.5 Å². The number of carbonyl (C=O) groups is 1. The molecule has 12 heteroatoms. The maximum atomic E-state index is 13.1. The first-order valence-electron chi connectivity index (χ1n) is 8.53. The third kappa shape index (κ3) is 4.11. The van der Waals surface area contributed by atoms with Crippen molar-refractivity contribution in [3.63, 3.8) is 0 Å². The summed E-state index contributed by atoms with van der Waals surface area (Å²) >= 11 is 6.81. The number of aromatic nitrogens is 2. The lowest BCUT2D eigenvalue weighted by Gasteiger charge is -2.11. The Labute approximate surface area is 174 Å². The molecule has 1 fully saturated rings. The molecule has 1 N–H and O–H groups in total. The summed E-state index contributed by atoms with van der Waals surface area (Å²) in [5.74, 6) is -0.997. The standard InChI is InChI=1S/C17H14ClFN4O4S2/c18-12-8-11(19)3-4-13(12)22-29(25,26)14-7-10(9-28-14)15-20-21-16(27-15)17(24)23-5-1-2-6-23/h3-4,7-9,22H,1-2,5-6H2. The first-order chi connectivity index (χ1) is 13.8. The molecule has 0 saturated carbocycles. The molecule has 1 saturated heterocycles. The second-order valence-electron chi connectivity index (χ2n) is 6.30. The Balaban J connectivity index is 1.54. The van der Waals surface area contributed by atoms with Crippen LogP contribution in [0.25, 0.3) is 11.5 Å². The van der Waals surface area contributed by atoms with Gasteiger partial charge in [-0.2, -0.15) is 0 Å². The van der Waals surface area contributed by atoms with Crippen LogP contribution >= 0.6 is 22.9 Å². The van der Waals surface area contributed by atoms with Crippen LogP contribution in [0.3, 0.4) is 0 Å². The van der Waals surface area contributed by atoms with Crippen molar-refractivity contribution in [3.8, 4) is 11.5 Å². The first kappa shape index (κ1) is 19.8. The molecule has 152 valence electrons. The molecule has 1 aliphatic heterocycles. The minimum Gasteiger partial charge on any atom is -0.412 e. The Kier molecular flexibility index (Phi) is 5.28. The van der Waals surface area contributed by atoms with Gasteiger partial charge in [0.25, 0.3) is 10.0 Å². The molecule has 3 aromatic rings. The molecule has 2 aromatic heterocycles. The van der Waals surface area contributed by atoms with Crippen LogP contribution in [-0.4, -0.2) is 42.5 Å². The number of thiophene rings is 1. The average molecular weight is 457 g/mol. The molecule has 8 nitrogen and oxygen atoms in total. The van der Waals surface area contributed by atoms with Crippen molar-refractivity contribution in [1.29, 1.82) is 0 Å². The van der Waals surface area contributed by atoms with Gasteiger partial charge in [0, 0.05) is 18.5 Å². The fourth-order valence-corrected chi connectivity index (χ4v) is 5.32. The van der Waals surface area contributed by atoms with E-state index in [9.17, 15) is 17.6 Å². The molecule has 0 atom stereocenters. The zero-order chi connectivity index (χ0) is 20.6. The first-order valence-corrected chi connectivity index (χ1v) is 11.3. The predicted molar refractivity (Wildman–Crippen MR) is 105 cm³/mol. The van der Waals surface area contributed by atoms with E-state index in [2.05, 4.69) is 14.9 Å². The van der Waals surface area contributed by atoms with Gasteiger partial charge in [-0.15, -0.1) is 21.5 Å². The molecule has 0 radical (unpaired) electrons. The lowest BCUT2D eigenvalue weighted by atomic mass is 10.3. The highest BCUT2D eigenvalue weighted by Crippen LogP contribution is 2.31. The Morgan fingerprint density at radius 3 is 2.72 bits per heavy atom. The van der Waals surface area contributed by atoms with Crippen LogP contribution in [0.1, 0.15) is 23.5 Å². The lowest BCUT2D eigenvalue weighted by molar-refractivity contribution is 0.0754. The van der Waals surface area contributed by atoms with Crippen LogP contribution in [-0.2, 0) is 10.0 Å². The van der Waals surface area contributed by atoms with Crippen molar-refractivity contribution in [2.24, 2.45) is 0 Å². The largest absolute Gasteiger partial charge is 0.412 e. The molecule has 1 amide bonds. The van der Waals surface area contributed by atoms with E-state index in [1.54, 1.807) is 4.90 Å². The van der Waals surface area contributed by atoms with Gasteiger partial charge in [0.05, 0.1) is 16.3 Å². The Bertz CT molecular complexity index is 1170. The van der Waals surface area contributed by atoms with E-state index < -0.39 is 15.8 Å². The highest BCUT2D eigenvalue weighted by Gasteiger charge is 2.26. The lowest BCUT2D eigenvalue weighted by Crippen LogP contribution is -2.27. The molecular weight excluding hydrogens is 443 g/mol. The number of sulfonamides is 1. The van der Waals surface area contributed by atoms with Crippen molar-refractivity contribution >= 4 is 44.6 Å². The average Bonchev–Trinajstić information content (AvgIpc) is 3.44. The van der Waals surface area contributed by atoms with Crippen LogP contribution in [0.2, 0.25) is 5.02 Å². The van der Waals surface area contributed by atoms with Crippen LogP contribution in [0.5, 0.6) is 0 Å². The topological polar surface area (TPSA) is 105 Å². The van der Waals surface area contributed by atoms with Gasteiger partial charge >= 0.3 is 11.8 Å². The molecule has 0 spiro atoms. The summed E-state index contributed by atoms with van der Waals surface area (Å²) in [4.78, 5) is 13.9. The Hall–Kier alpha value is -2.50. The van der Waals surface area contributed by atoms with Gasteiger partial charge in [-0.1, -0.05) is 11.6 Å². The predicted octanol–water partition coefficient (Wildman–Crippen LogP) is 3.63. The number of anilines is 1. The highest BCUT2D eigenvalue weighted by atomic mass is 35.5. The summed E-state index contributed by atoms with van der Waals surface area (Å²) < 4.78 is 46.0. The van der Waals surface area contributed by atoms with Crippen molar-refractivity contribution in [3.05, 3.63) is 46.4 Å². The number of likely N-dealkylation sites (tertiary alicyclic amines) is 1. The number of amides is 1. The summed E-state index contributed by atoms with van der Waals surface area (Å²) in [6.07, 6.45) is 1.87. The second-order valence-corrected chi connectivity index (χ2v) is 9.52. The number of rotatable bonds is 5. The minimum absolute atomic E-state index is 0.0292. The summed E-state index contributed by atoms with van der Waals surface area (Å²) in [7, 11) is -3.96. The van der Waals surface area contributed by atoms with Crippen molar-refractivity contribution in [2.45, 2.75) is 17.1 Å². The van der Waals surface area contributed by atoms with E-state index in [0.717, 1.165) is 36.3 Å². The SMILES string of the molecule is O=C(c1nnc(-c2csc(S(=O)(=O)Nc3ccc(F)cc3Cl)c2)o1)N1CCCC1. The summed E-state index contributed by atoms with van der Waals surface area (Å²) in [6.45, 7) is 1.30. The normalized spacial score (nSPS) is 14.3. The minimum atomic E-state index is -3.96. The van der Waals surface area contributed by atoms with E-state index in [4.69, 9.17) is 16.0 Å². The molecule has 3 heterocycles. The molecule has 0 unspecified atom stereocenters. The van der Waals surface area contributed by atoms with Crippen LogP contribution in [0.15, 0.2) is 38.3 Å². The summed E-state index contributed by atoms with van der Waals surface area (Å²) in [5.41, 5.74) is 0.424. The van der Waals surface area contributed by atoms with E-state index in [1.807, 2.05) is 0 Å². The number of benzene rings is 1. The smallest absolute Gasteiger partial charge is 0.311 e. The third-order valence-corrected chi connectivity index (χ3v) is 7.38. The van der Waals surface area contributed by atoms with Crippen molar-refractivity contribution in [2.75, 3.05) is 17.8 Å². The van der Waals surface area contributed by atoms with Gasteiger partial charge in [0.2, 0.25) is 5.89 Å².